The number of ether oxygens (including phenoxy) is 1. The van der Waals surface area contributed by atoms with Gasteiger partial charge in [-0.3, -0.25) is 0 Å². The van der Waals surface area contributed by atoms with E-state index in [1.165, 1.54) is 6.20 Å². The van der Waals surface area contributed by atoms with Gasteiger partial charge in [-0.15, -0.1) is 0 Å². The van der Waals surface area contributed by atoms with Crippen molar-refractivity contribution >= 4 is 45.0 Å². The van der Waals surface area contributed by atoms with E-state index in [4.69, 9.17) is 21.9 Å². The van der Waals surface area contributed by atoms with Crippen molar-refractivity contribution in [2.75, 3.05) is 5.32 Å². The topological polar surface area (TPSA) is 137 Å². The summed E-state index contributed by atoms with van der Waals surface area (Å²) in [4.78, 5) is 12.3. The van der Waals surface area contributed by atoms with Crippen LogP contribution < -0.4 is 27.3 Å². The number of hydrogen-bond acceptors (Lipinski definition) is 4. The number of nitrogens with one attached hydrogen (secondary N) is 1. The molecule has 0 unspecified atom stereocenters. The number of nitrogens with zero attached hydrogens (tertiary/aromatic N) is 3. The van der Waals surface area contributed by atoms with E-state index in [-0.39, 0.29) is 11.9 Å². The Balaban J connectivity index is 1.68. The van der Waals surface area contributed by atoms with E-state index in [2.05, 4.69) is 36.2 Å². The minimum Gasteiger partial charge on any atom is -0.456 e. The Morgan fingerprint density at radius 3 is 2.39 bits per heavy atom. The van der Waals surface area contributed by atoms with Crippen LogP contribution in [0, 0.1) is 0 Å². The third-order valence-electron chi connectivity index (χ3n) is 3.38. The summed E-state index contributed by atoms with van der Waals surface area (Å²) in [6.07, 6.45) is 1.53. The van der Waals surface area contributed by atoms with Gasteiger partial charge in [-0.2, -0.15) is 4.99 Å². The highest BCUT2D eigenvalue weighted by atomic mass is 79.9. The summed E-state index contributed by atoms with van der Waals surface area (Å²) in [6, 6.07) is 18.2. The maximum absolute atomic E-state index is 5.98. The van der Waals surface area contributed by atoms with Crippen LogP contribution in [-0.4, -0.2) is 16.9 Å². The molecule has 0 saturated heterocycles. The van der Waals surface area contributed by atoms with Crippen molar-refractivity contribution in [3.63, 3.8) is 0 Å². The minimum absolute atomic E-state index is 0.0534. The van der Waals surface area contributed by atoms with E-state index < -0.39 is 0 Å². The molecule has 7 N–H and O–H groups in total. The summed E-state index contributed by atoms with van der Waals surface area (Å²) < 4.78 is 6.77. The first-order valence-corrected chi connectivity index (χ1v) is 8.97. The summed E-state index contributed by atoms with van der Waals surface area (Å²) >= 11 is 3.38. The van der Waals surface area contributed by atoms with Crippen molar-refractivity contribution in [3.05, 3.63) is 71.3 Å². The zero-order valence-corrected chi connectivity index (χ0v) is 16.3. The monoisotopic (exact) mass is 439 g/mol. The predicted octanol–water partition coefficient (Wildman–Crippen LogP) is 3.60. The van der Waals surface area contributed by atoms with Crippen LogP contribution in [0.5, 0.6) is 11.5 Å². The van der Waals surface area contributed by atoms with Crippen molar-refractivity contribution in [2.45, 2.75) is 0 Å². The average Bonchev–Trinajstić information content (AvgIpc) is 2.65. The molecule has 142 valence electrons. The van der Waals surface area contributed by atoms with Gasteiger partial charge in [0.25, 0.3) is 0 Å². The second kappa shape index (κ2) is 8.87. The summed E-state index contributed by atoms with van der Waals surface area (Å²) in [7, 11) is 0. The molecule has 0 saturated carbocycles. The maximum Gasteiger partial charge on any atom is 0.198 e. The summed E-state index contributed by atoms with van der Waals surface area (Å²) in [5, 5.41) is 3.04. The Labute approximate surface area is 170 Å². The van der Waals surface area contributed by atoms with Crippen LogP contribution >= 0.6 is 15.9 Å². The van der Waals surface area contributed by atoms with Crippen molar-refractivity contribution in [2.24, 2.45) is 27.2 Å². The first-order chi connectivity index (χ1) is 13.5. The number of rotatable bonds is 5. The van der Waals surface area contributed by atoms with E-state index in [1.807, 2.05) is 42.5 Å². The number of nitrogens with two attached hydrogens (primary N) is 3. The lowest BCUT2D eigenvalue weighted by atomic mass is 10.3. The Morgan fingerprint density at radius 1 is 0.929 bits per heavy atom. The quantitative estimate of drug-likeness (QED) is 0.354. The van der Waals surface area contributed by atoms with Crippen LogP contribution in [0.4, 0.5) is 17.2 Å². The summed E-state index contributed by atoms with van der Waals surface area (Å²) in [5.74, 6) is 1.77. The fourth-order valence-corrected chi connectivity index (χ4v) is 2.50. The summed E-state index contributed by atoms with van der Waals surface area (Å²) in [5.41, 5.74) is 18.1. The van der Waals surface area contributed by atoms with Crippen molar-refractivity contribution in [1.82, 2.24) is 4.98 Å². The number of benzene rings is 2. The van der Waals surface area contributed by atoms with Crippen LogP contribution in [0.25, 0.3) is 0 Å². The summed E-state index contributed by atoms with van der Waals surface area (Å²) in [6.45, 7) is 0. The number of halogens is 1. The van der Waals surface area contributed by atoms with Crippen molar-refractivity contribution in [1.29, 1.82) is 0 Å². The number of aromatic nitrogens is 1. The average molecular weight is 440 g/mol. The van der Waals surface area contributed by atoms with Gasteiger partial charge in [-0.25, -0.2) is 9.98 Å². The van der Waals surface area contributed by atoms with Gasteiger partial charge >= 0.3 is 0 Å². The molecule has 0 aliphatic carbocycles. The first-order valence-electron chi connectivity index (χ1n) is 8.18. The molecule has 28 heavy (non-hydrogen) atoms. The van der Waals surface area contributed by atoms with Gasteiger partial charge in [0.15, 0.2) is 17.7 Å². The third kappa shape index (κ3) is 5.71. The van der Waals surface area contributed by atoms with E-state index >= 15 is 0 Å². The van der Waals surface area contributed by atoms with Crippen LogP contribution in [0.2, 0.25) is 0 Å². The minimum atomic E-state index is -0.0534. The second-order valence-corrected chi connectivity index (χ2v) is 6.53. The van der Waals surface area contributed by atoms with Gasteiger partial charge in [0.05, 0.1) is 11.9 Å². The molecular weight excluding hydrogens is 422 g/mol. The fourth-order valence-electron chi connectivity index (χ4n) is 2.24. The normalized spacial score (nSPS) is 11.0. The zero-order valence-electron chi connectivity index (χ0n) is 14.7. The molecule has 0 radical (unpaired) electrons. The number of aliphatic imine (C=N–C) groups is 2. The molecule has 3 rings (SSSR count). The Bertz CT molecular complexity index is 998. The van der Waals surface area contributed by atoms with Crippen LogP contribution in [0.1, 0.15) is 0 Å². The lowest BCUT2D eigenvalue weighted by molar-refractivity contribution is 0.480. The van der Waals surface area contributed by atoms with E-state index in [9.17, 15) is 0 Å². The smallest absolute Gasteiger partial charge is 0.198 e. The molecule has 0 bridgehead atoms. The Morgan fingerprint density at radius 2 is 1.71 bits per heavy atom. The molecule has 0 spiro atoms. The molecule has 0 atom stereocenters. The Hall–Kier alpha value is -3.59. The maximum atomic E-state index is 5.98. The standard InChI is InChI=1S/C19H18BrN7O/c20-12-4-6-13(7-5-12)25-19(23)26-14-2-1-3-15(10-14)28-16-8-9-17(24-11-16)27-18(21)22/h1-11H,(H3,23,25,26)(H4,21,22,24,27). The molecule has 8 nitrogen and oxygen atoms in total. The van der Waals surface area contributed by atoms with Gasteiger partial charge < -0.3 is 27.3 Å². The molecule has 0 amide bonds. The first kappa shape index (κ1) is 19.2. The van der Waals surface area contributed by atoms with Gasteiger partial charge in [0.2, 0.25) is 0 Å². The molecule has 9 heteroatoms. The number of anilines is 1. The van der Waals surface area contributed by atoms with Crippen LogP contribution in [0.15, 0.2) is 81.3 Å². The highest BCUT2D eigenvalue weighted by Gasteiger charge is 2.02. The molecule has 1 aromatic heterocycles. The van der Waals surface area contributed by atoms with Gasteiger partial charge in [0.1, 0.15) is 11.5 Å². The van der Waals surface area contributed by atoms with Crippen molar-refractivity contribution in [3.8, 4) is 11.5 Å². The molecule has 3 aromatic rings. The van der Waals surface area contributed by atoms with E-state index in [1.54, 1.807) is 18.2 Å². The van der Waals surface area contributed by atoms with Crippen LogP contribution in [0.3, 0.4) is 0 Å². The van der Waals surface area contributed by atoms with E-state index in [0.29, 0.717) is 17.3 Å². The highest BCUT2D eigenvalue weighted by Crippen LogP contribution is 2.25. The third-order valence-corrected chi connectivity index (χ3v) is 3.91. The molecule has 2 aromatic carbocycles. The lowest BCUT2D eigenvalue weighted by Gasteiger charge is -2.09. The molecule has 0 aliphatic heterocycles. The van der Waals surface area contributed by atoms with Crippen molar-refractivity contribution < 1.29 is 4.74 Å². The molecule has 0 aliphatic rings. The molecule has 1 heterocycles. The molecular formula is C19H18BrN7O. The van der Waals surface area contributed by atoms with Gasteiger partial charge in [-0.1, -0.05) is 22.0 Å². The predicted molar refractivity (Wildman–Crippen MR) is 115 cm³/mol. The van der Waals surface area contributed by atoms with E-state index in [0.717, 1.165) is 15.8 Å². The Kier molecular flexibility index (Phi) is 6.07. The highest BCUT2D eigenvalue weighted by molar-refractivity contribution is 9.10. The van der Waals surface area contributed by atoms with Gasteiger partial charge in [0, 0.05) is 16.2 Å². The zero-order chi connectivity index (χ0) is 19.9. The lowest BCUT2D eigenvalue weighted by Crippen LogP contribution is -2.22. The SMILES string of the molecule is NC(N)=Nc1ccc(Oc2cccc(NC(N)=Nc3ccc(Br)cc3)c2)cn1. The second-order valence-electron chi connectivity index (χ2n) is 5.62. The van der Waals surface area contributed by atoms with Gasteiger partial charge in [-0.05, 0) is 48.5 Å². The number of hydrogen-bond donors (Lipinski definition) is 4. The number of pyridine rings is 1. The van der Waals surface area contributed by atoms with Crippen LogP contribution in [-0.2, 0) is 0 Å². The fraction of sp³-hybridized carbons (Fsp3) is 0. The number of guanidine groups is 2. The largest absolute Gasteiger partial charge is 0.456 e. The molecule has 0 fully saturated rings.